The number of hydrogen-bond acceptors (Lipinski definition) is 3. The summed E-state index contributed by atoms with van der Waals surface area (Å²) in [6.45, 7) is 0.716. The van der Waals surface area contributed by atoms with E-state index in [1.54, 1.807) is 6.20 Å². The van der Waals surface area contributed by atoms with E-state index in [0.29, 0.717) is 6.54 Å². The molecule has 1 heterocycles. The van der Waals surface area contributed by atoms with Crippen molar-refractivity contribution in [1.82, 2.24) is 20.2 Å². The molecule has 0 aromatic carbocycles. The van der Waals surface area contributed by atoms with Crippen LogP contribution in [0.3, 0.4) is 0 Å². The van der Waals surface area contributed by atoms with Gasteiger partial charge in [0.2, 0.25) is 0 Å². The van der Waals surface area contributed by atoms with Crippen LogP contribution in [0.15, 0.2) is 6.20 Å². The smallest absolute Gasteiger partial charge is 0.0837 e. The summed E-state index contributed by atoms with van der Waals surface area (Å²) < 4.78 is 0. The molecule has 0 aliphatic carbocycles. The van der Waals surface area contributed by atoms with Crippen LogP contribution < -0.4 is 4.84 Å². The van der Waals surface area contributed by atoms with E-state index >= 15 is 0 Å². The molecule has 0 atom stereocenters. The molecular weight excluding hydrogens is 140 g/mol. The first-order valence-electron chi connectivity index (χ1n) is 2.61. The molecule has 0 spiro atoms. The normalized spacial score (nSPS) is 9.89. The summed E-state index contributed by atoms with van der Waals surface area (Å²) in [6.07, 6.45) is 2.48. The van der Waals surface area contributed by atoms with Crippen LogP contribution in [0, 0.1) is 0 Å². The predicted octanol–water partition coefficient (Wildman–Crippen LogP) is 0.0906. The molecule has 0 radical (unpaired) electrons. The average molecular weight is 147 g/mol. The molecule has 50 valence electrons. The van der Waals surface area contributed by atoms with Gasteiger partial charge in [0.25, 0.3) is 0 Å². The molecule has 0 fully saturated rings. The number of nitrogens with one attached hydrogen (secondary N) is 2. The van der Waals surface area contributed by atoms with Crippen molar-refractivity contribution in [2.24, 2.45) is 0 Å². The summed E-state index contributed by atoms with van der Waals surface area (Å²) in [6, 6.07) is 0. The number of aromatic amines is 1. The standard InChI is InChI=1S/C4H7ClN4/c5-6-2-1-4-3-7-9-8-4/h3,6H,1-2H2,(H,7,8,9). The van der Waals surface area contributed by atoms with Gasteiger partial charge in [-0.2, -0.15) is 15.4 Å². The Morgan fingerprint density at radius 2 is 2.67 bits per heavy atom. The van der Waals surface area contributed by atoms with Gasteiger partial charge in [-0.15, -0.1) is 0 Å². The van der Waals surface area contributed by atoms with Gasteiger partial charge >= 0.3 is 0 Å². The van der Waals surface area contributed by atoms with E-state index in [-0.39, 0.29) is 0 Å². The van der Waals surface area contributed by atoms with Crippen LogP contribution in [0.5, 0.6) is 0 Å². The van der Waals surface area contributed by atoms with Crippen molar-refractivity contribution in [3.8, 4) is 0 Å². The topological polar surface area (TPSA) is 53.6 Å². The Hall–Kier alpha value is -0.610. The lowest BCUT2D eigenvalue weighted by atomic mass is 10.3. The van der Waals surface area contributed by atoms with Gasteiger partial charge < -0.3 is 0 Å². The van der Waals surface area contributed by atoms with Crippen molar-refractivity contribution >= 4 is 11.8 Å². The zero-order valence-corrected chi connectivity index (χ0v) is 5.52. The first-order chi connectivity index (χ1) is 4.43. The third-order valence-corrected chi connectivity index (χ3v) is 1.13. The fraction of sp³-hybridized carbons (Fsp3) is 0.500. The minimum absolute atomic E-state index is 0.716. The quantitative estimate of drug-likeness (QED) is 0.595. The Kier molecular flexibility index (Phi) is 2.48. The molecule has 0 amide bonds. The molecule has 1 aromatic heterocycles. The Labute approximate surface area is 57.7 Å². The molecule has 1 rings (SSSR count). The maximum absolute atomic E-state index is 5.21. The lowest BCUT2D eigenvalue weighted by molar-refractivity contribution is 0.846. The minimum atomic E-state index is 0.716. The van der Waals surface area contributed by atoms with Crippen molar-refractivity contribution < 1.29 is 0 Å². The van der Waals surface area contributed by atoms with E-state index in [2.05, 4.69) is 20.2 Å². The predicted molar refractivity (Wildman–Crippen MR) is 33.9 cm³/mol. The maximum atomic E-state index is 5.21. The SMILES string of the molecule is ClNCCc1cn[nH]n1. The van der Waals surface area contributed by atoms with Crippen LogP contribution in [-0.4, -0.2) is 22.0 Å². The van der Waals surface area contributed by atoms with E-state index in [1.165, 1.54) is 0 Å². The summed E-state index contributed by atoms with van der Waals surface area (Å²) in [7, 11) is 0. The number of hydrogen-bond donors (Lipinski definition) is 2. The summed E-state index contributed by atoms with van der Waals surface area (Å²) >= 11 is 5.21. The molecular formula is C4H7ClN4. The van der Waals surface area contributed by atoms with E-state index < -0.39 is 0 Å². The van der Waals surface area contributed by atoms with E-state index in [9.17, 15) is 0 Å². The average Bonchev–Trinajstić information content (AvgIpc) is 2.34. The van der Waals surface area contributed by atoms with Gasteiger partial charge in [-0.1, -0.05) is 0 Å². The van der Waals surface area contributed by atoms with Crippen molar-refractivity contribution in [2.75, 3.05) is 6.54 Å². The van der Waals surface area contributed by atoms with Crippen LogP contribution in [-0.2, 0) is 6.42 Å². The first kappa shape index (κ1) is 6.51. The van der Waals surface area contributed by atoms with Gasteiger partial charge in [-0.3, -0.25) is 0 Å². The fourth-order valence-corrected chi connectivity index (χ4v) is 0.616. The molecule has 0 aliphatic rings. The number of halogens is 1. The Morgan fingerprint density at radius 1 is 1.78 bits per heavy atom. The molecule has 0 bridgehead atoms. The second-order valence-electron chi connectivity index (χ2n) is 1.59. The second-order valence-corrected chi connectivity index (χ2v) is 1.86. The van der Waals surface area contributed by atoms with Crippen molar-refractivity contribution in [3.05, 3.63) is 11.9 Å². The van der Waals surface area contributed by atoms with Crippen LogP contribution in [0.4, 0.5) is 0 Å². The number of aromatic nitrogens is 3. The Balaban J connectivity index is 2.30. The zero-order chi connectivity index (χ0) is 6.53. The molecule has 0 unspecified atom stereocenters. The van der Waals surface area contributed by atoms with E-state index in [4.69, 9.17) is 11.8 Å². The monoisotopic (exact) mass is 146 g/mol. The van der Waals surface area contributed by atoms with Crippen LogP contribution in [0.25, 0.3) is 0 Å². The largest absolute Gasteiger partial charge is 0.233 e. The minimum Gasteiger partial charge on any atom is -0.233 e. The van der Waals surface area contributed by atoms with Crippen LogP contribution in [0.2, 0.25) is 0 Å². The summed E-state index contributed by atoms with van der Waals surface area (Å²) in [5.74, 6) is 0. The van der Waals surface area contributed by atoms with Gasteiger partial charge in [0, 0.05) is 13.0 Å². The number of rotatable bonds is 3. The third kappa shape index (κ3) is 1.99. The molecule has 0 aliphatic heterocycles. The number of nitrogens with zero attached hydrogens (tertiary/aromatic N) is 2. The fourth-order valence-electron chi connectivity index (χ4n) is 0.521. The molecule has 4 nitrogen and oxygen atoms in total. The van der Waals surface area contributed by atoms with Gasteiger partial charge in [-0.05, 0) is 11.8 Å². The Bertz CT molecular complexity index is 150. The number of H-pyrrole nitrogens is 1. The van der Waals surface area contributed by atoms with Gasteiger partial charge in [0.15, 0.2) is 0 Å². The van der Waals surface area contributed by atoms with Gasteiger partial charge in [0.05, 0.1) is 11.9 Å². The highest BCUT2D eigenvalue weighted by Gasteiger charge is 1.92. The van der Waals surface area contributed by atoms with Crippen molar-refractivity contribution in [3.63, 3.8) is 0 Å². The maximum Gasteiger partial charge on any atom is 0.0837 e. The van der Waals surface area contributed by atoms with E-state index in [0.717, 1.165) is 12.1 Å². The molecule has 0 saturated heterocycles. The summed E-state index contributed by atoms with van der Waals surface area (Å²) in [5.41, 5.74) is 0.920. The highest BCUT2D eigenvalue weighted by molar-refractivity contribution is 6.13. The summed E-state index contributed by atoms with van der Waals surface area (Å²) in [5, 5.41) is 9.95. The van der Waals surface area contributed by atoms with Gasteiger partial charge in [-0.25, -0.2) is 4.84 Å². The third-order valence-electron chi connectivity index (χ3n) is 0.941. The zero-order valence-electron chi connectivity index (χ0n) is 4.76. The lowest BCUT2D eigenvalue weighted by Crippen LogP contribution is -2.04. The first-order valence-corrected chi connectivity index (χ1v) is 2.99. The van der Waals surface area contributed by atoms with Crippen molar-refractivity contribution in [2.45, 2.75) is 6.42 Å². The highest BCUT2D eigenvalue weighted by Crippen LogP contribution is 1.87. The second kappa shape index (κ2) is 3.42. The Morgan fingerprint density at radius 3 is 3.22 bits per heavy atom. The molecule has 5 heteroatoms. The van der Waals surface area contributed by atoms with E-state index in [1.807, 2.05) is 0 Å². The molecule has 2 N–H and O–H groups in total. The highest BCUT2D eigenvalue weighted by atomic mass is 35.5. The van der Waals surface area contributed by atoms with Gasteiger partial charge in [0.1, 0.15) is 0 Å². The van der Waals surface area contributed by atoms with Crippen LogP contribution in [0.1, 0.15) is 5.69 Å². The molecule has 9 heavy (non-hydrogen) atoms. The molecule has 1 aromatic rings. The lowest BCUT2D eigenvalue weighted by Gasteiger charge is -1.88. The summed E-state index contributed by atoms with van der Waals surface area (Å²) in [4.78, 5) is 2.50. The van der Waals surface area contributed by atoms with Crippen molar-refractivity contribution in [1.29, 1.82) is 0 Å². The van der Waals surface area contributed by atoms with Crippen LogP contribution >= 0.6 is 11.8 Å². The molecule has 0 saturated carbocycles.